The van der Waals surface area contributed by atoms with Gasteiger partial charge in [0, 0.05) is 19.6 Å². The van der Waals surface area contributed by atoms with E-state index in [9.17, 15) is 9.59 Å². The molecule has 9 nitrogen and oxygen atoms in total. The zero-order valence-corrected chi connectivity index (χ0v) is 22.1. The number of rotatable bonds is 25. The van der Waals surface area contributed by atoms with Crippen LogP contribution in [0.1, 0.15) is 103 Å². The lowest BCUT2D eigenvalue weighted by molar-refractivity contribution is -0.145. The Bertz CT molecular complexity index is 453. The summed E-state index contributed by atoms with van der Waals surface area (Å²) in [6.45, 7) is 4.58. The molecule has 0 aromatic carbocycles. The Hall–Kier alpha value is -1.26. The molecule has 0 radical (unpaired) electrons. The van der Waals surface area contributed by atoms with Gasteiger partial charge in [0.2, 0.25) is 0 Å². The van der Waals surface area contributed by atoms with Crippen molar-refractivity contribution in [2.75, 3.05) is 46.0 Å². The SMILES string of the molecule is CCCCCCCCCCCCCCCCN[C@@H](CC(=O)O)C(=O)O.OCCN(CCO)CCO. The molecular weight excluding hydrogens is 452 g/mol. The van der Waals surface area contributed by atoms with Crippen molar-refractivity contribution in [1.82, 2.24) is 10.2 Å². The van der Waals surface area contributed by atoms with Gasteiger partial charge in [0.05, 0.1) is 26.2 Å². The summed E-state index contributed by atoms with van der Waals surface area (Å²) in [7, 11) is 0. The first-order valence-corrected chi connectivity index (χ1v) is 13.7. The van der Waals surface area contributed by atoms with E-state index in [0.717, 1.165) is 12.8 Å². The number of carboxylic acids is 2. The maximum Gasteiger partial charge on any atom is 0.321 e. The van der Waals surface area contributed by atoms with Crippen LogP contribution in [0.2, 0.25) is 0 Å². The highest BCUT2D eigenvalue weighted by Gasteiger charge is 2.19. The largest absolute Gasteiger partial charge is 0.481 e. The summed E-state index contributed by atoms with van der Waals surface area (Å²) in [4.78, 5) is 23.3. The highest BCUT2D eigenvalue weighted by molar-refractivity contribution is 5.80. The summed E-state index contributed by atoms with van der Waals surface area (Å²) in [5, 5.41) is 45.8. The van der Waals surface area contributed by atoms with Gasteiger partial charge in [-0.25, -0.2) is 0 Å². The van der Waals surface area contributed by atoms with E-state index >= 15 is 0 Å². The van der Waals surface area contributed by atoms with E-state index in [1.54, 1.807) is 4.90 Å². The van der Waals surface area contributed by atoms with Crippen molar-refractivity contribution in [3.63, 3.8) is 0 Å². The lowest BCUT2D eigenvalue weighted by Gasteiger charge is -2.17. The fourth-order valence-electron chi connectivity index (χ4n) is 3.78. The number of hydrogen-bond donors (Lipinski definition) is 6. The number of carbonyl (C=O) groups is 2. The quantitative estimate of drug-likeness (QED) is 0.103. The zero-order valence-electron chi connectivity index (χ0n) is 22.1. The van der Waals surface area contributed by atoms with Crippen molar-refractivity contribution < 1.29 is 35.1 Å². The highest BCUT2D eigenvalue weighted by atomic mass is 16.4. The minimum Gasteiger partial charge on any atom is -0.481 e. The second kappa shape index (κ2) is 29.0. The van der Waals surface area contributed by atoms with Crippen molar-refractivity contribution in [3.8, 4) is 0 Å². The van der Waals surface area contributed by atoms with E-state index in [1.165, 1.54) is 77.0 Å². The third-order valence-corrected chi connectivity index (χ3v) is 5.85. The smallest absolute Gasteiger partial charge is 0.321 e. The number of carboxylic acid groups (broad SMARTS) is 2. The van der Waals surface area contributed by atoms with E-state index in [2.05, 4.69) is 12.2 Å². The van der Waals surface area contributed by atoms with Crippen molar-refractivity contribution in [3.05, 3.63) is 0 Å². The van der Waals surface area contributed by atoms with Gasteiger partial charge in [0.1, 0.15) is 6.04 Å². The molecule has 9 heteroatoms. The number of unbranched alkanes of at least 4 members (excludes halogenated alkanes) is 13. The molecule has 0 unspecified atom stereocenters. The summed E-state index contributed by atoms with van der Waals surface area (Å²) in [5.74, 6) is -2.17. The number of aliphatic carboxylic acids is 2. The summed E-state index contributed by atoms with van der Waals surface area (Å²) >= 11 is 0. The van der Waals surface area contributed by atoms with Crippen LogP contribution in [0.25, 0.3) is 0 Å². The Morgan fingerprint density at radius 2 is 1.03 bits per heavy atom. The molecule has 0 rings (SSSR count). The van der Waals surface area contributed by atoms with Gasteiger partial charge in [-0.05, 0) is 13.0 Å². The molecule has 0 aromatic heterocycles. The van der Waals surface area contributed by atoms with Crippen LogP contribution in [0.4, 0.5) is 0 Å². The van der Waals surface area contributed by atoms with Crippen LogP contribution in [0.5, 0.6) is 0 Å². The topological polar surface area (TPSA) is 151 Å². The molecule has 1 atom stereocenters. The Balaban J connectivity index is 0. The molecule has 0 aliphatic heterocycles. The molecule has 0 amide bonds. The van der Waals surface area contributed by atoms with Gasteiger partial charge in [0.15, 0.2) is 0 Å². The van der Waals surface area contributed by atoms with Crippen molar-refractivity contribution in [1.29, 1.82) is 0 Å². The van der Waals surface area contributed by atoms with Crippen molar-refractivity contribution >= 4 is 11.9 Å². The number of aliphatic hydroxyl groups is 3. The maximum absolute atomic E-state index is 10.9. The van der Waals surface area contributed by atoms with Crippen LogP contribution >= 0.6 is 0 Å². The molecule has 6 N–H and O–H groups in total. The molecule has 0 spiro atoms. The average Bonchev–Trinajstić information content (AvgIpc) is 2.81. The molecule has 0 bridgehead atoms. The van der Waals surface area contributed by atoms with Gasteiger partial charge in [0.25, 0.3) is 0 Å². The minimum atomic E-state index is -1.09. The molecule has 210 valence electrons. The molecular formula is C26H54N2O7. The second-order valence-electron chi connectivity index (χ2n) is 9.05. The fourth-order valence-corrected chi connectivity index (χ4v) is 3.78. The number of hydrogen-bond acceptors (Lipinski definition) is 7. The lowest BCUT2D eigenvalue weighted by atomic mass is 10.0. The van der Waals surface area contributed by atoms with Gasteiger partial charge in [-0.1, -0.05) is 90.4 Å². The van der Waals surface area contributed by atoms with Crippen LogP contribution in [0.3, 0.4) is 0 Å². The van der Waals surface area contributed by atoms with Gasteiger partial charge >= 0.3 is 11.9 Å². The maximum atomic E-state index is 10.9. The molecule has 35 heavy (non-hydrogen) atoms. The van der Waals surface area contributed by atoms with E-state index < -0.39 is 18.0 Å². The first-order chi connectivity index (χ1) is 16.9. The van der Waals surface area contributed by atoms with Crippen LogP contribution in [0, 0.1) is 0 Å². The molecule has 0 saturated carbocycles. The molecule has 0 aliphatic carbocycles. The lowest BCUT2D eigenvalue weighted by Crippen LogP contribution is -2.39. The van der Waals surface area contributed by atoms with E-state index in [4.69, 9.17) is 25.5 Å². The van der Waals surface area contributed by atoms with Crippen LogP contribution in [0.15, 0.2) is 0 Å². The van der Waals surface area contributed by atoms with Crippen LogP contribution < -0.4 is 5.32 Å². The summed E-state index contributed by atoms with van der Waals surface area (Å²) in [6.07, 6.45) is 17.6. The van der Waals surface area contributed by atoms with E-state index in [1.807, 2.05) is 0 Å². The van der Waals surface area contributed by atoms with Crippen molar-refractivity contribution in [2.24, 2.45) is 0 Å². The highest BCUT2D eigenvalue weighted by Crippen LogP contribution is 2.12. The van der Waals surface area contributed by atoms with Crippen LogP contribution in [-0.2, 0) is 9.59 Å². The summed E-state index contributed by atoms with van der Waals surface area (Å²) in [6, 6.07) is -0.973. The normalized spacial score (nSPS) is 11.8. The van der Waals surface area contributed by atoms with Gasteiger partial charge in [-0.15, -0.1) is 0 Å². The first kappa shape index (κ1) is 35.9. The Morgan fingerprint density at radius 1 is 0.657 bits per heavy atom. The first-order valence-electron chi connectivity index (χ1n) is 13.7. The Labute approximate surface area is 212 Å². The van der Waals surface area contributed by atoms with Gasteiger partial charge in [-0.2, -0.15) is 0 Å². The predicted molar refractivity (Wildman–Crippen MR) is 140 cm³/mol. The average molecular weight is 507 g/mol. The molecule has 0 fully saturated rings. The van der Waals surface area contributed by atoms with Crippen molar-refractivity contribution in [2.45, 2.75) is 109 Å². The van der Waals surface area contributed by atoms with E-state index in [0.29, 0.717) is 26.2 Å². The van der Waals surface area contributed by atoms with Crippen LogP contribution in [-0.4, -0.2) is 94.4 Å². The Morgan fingerprint density at radius 3 is 1.34 bits per heavy atom. The minimum absolute atomic E-state index is 0.0694. The number of nitrogens with one attached hydrogen (secondary N) is 1. The molecule has 0 heterocycles. The standard InChI is InChI=1S/C20H39NO4.C6H15NO3/c1-2-3-4-5-6-7-8-9-10-11-12-13-14-15-16-21-18(20(24)25)17-19(22)23;8-4-1-7(2-5-9)3-6-10/h18,21H,2-17H2,1H3,(H,22,23)(H,24,25);8-10H,1-6H2/t18-;/m0./s1. The zero-order chi connectivity index (χ0) is 26.6. The molecule has 0 saturated heterocycles. The summed E-state index contributed by atoms with van der Waals surface area (Å²) in [5.41, 5.74) is 0. The monoisotopic (exact) mass is 506 g/mol. The third-order valence-electron chi connectivity index (χ3n) is 5.85. The molecule has 0 aromatic rings. The number of nitrogens with zero attached hydrogens (tertiary/aromatic N) is 1. The predicted octanol–water partition coefficient (Wildman–Crippen LogP) is 3.25. The van der Waals surface area contributed by atoms with Gasteiger partial charge < -0.3 is 30.8 Å². The van der Waals surface area contributed by atoms with Gasteiger partial charge in [-0.3, -0.25) is 14.5 Å². The van der Waals surface area contributed by atoms with E-state index in [-0.39, 0.29) is 26.2 Å². The second-order valence-corrected chi connectivity index (χ2v) is 9.05. The summed E-state index contributed by atoms with van der Waals surface area (Å²) < 4.78 is 0. The Kier molecular flexibility index (Phi) is 29.7. The third kappa shape index (κ3) is 28.9. The molecule has 0 aliphatic rings. The number of aliphatic hydroxyl groups excluding tert-OH is 3. The fraction of sp³-hybridized carbons (Fsp3) is 0.923.